The molecule has 1 aliphatic heterocycles. The fraction of sp³-hybridized carbons (Fsp3) is 0.250. The van der Waals surface area contributed by atoms with Gasteiger partial charge in [0.05, 0.1) is 35.2 Å². The lowest BCUT2D eigenvalue weighted by Gasteiger charge is -2.33. The van der Waals surface area contributed by atoms with Gasteiger partial charge in [-0.15, -0.1) is 0 Å². The van der Waals surface area contributed by atoms with Crippen molar-refractivity contribution in [3.63, 3.8) is 0 Å². The number of ether oxygens (including phenoxy) is 1. The van der Waals surface area contributed by atoms with Crippen molar-refractivity contribution in [2.24, 2.45) is 7.05 Å². The maximum Gasteiger partial charge on any atom is 0.255 e. The summed E-state index contributed by atoms with van der Waals surface area (Å²) in [4.78, 5) is 40.0. The van der Waals surface area contributed by atoms with Crippen LogP contribution in [0, 0.1) is 0 Å². The average Bonchev–Trinajstić information content (AvgIpc) is 2.77. The SMILES string of the molecule is Cn1c(N2CCOC(C(=O)c3ccc(Cl)c(N)c3)C2)nc(-c2ccncn2)cc1=O. The third-order valence-corrected chi connectivity index (χ3v) is 5.22. The highest BCUT2D eigenvalue weighted by molar-refractivity contribution is 6.33. The first-order valence-electron chi connectivity index (χ1n) is 9.24. The molecule has 30 heavy (non-hydrogen) atoms. The van der Waals surface area contributed by atoms with Gasteiger partial charge in [-0.25, -0.2) is 15.0 Å². The number of aromatic nitrogens is 4. The van der Waals surface area contributed by atoms with Crippen LogP contribution in [0.25, 0.3) is 11.4 Å². The number of nitrogens with two attached hydrogens (primary N) is 1. The van der Waals surface area contributed by atoms with Crippen molar-refractivity contribution < 1.29 is 9.53 Å². The van der Waals surface area contributed by atoms with Gasteiger partial charge in [-0.1, -0.05) is 11.6 Å². The van der Waals surface area contributed by atoms with Gasteiger partial charge in [0.1, 0.15) is 12.4 Å². The molecule has 9 nitrogen and oxygen atoms in total. The summed E-state index contributed by atoms with van der Waals surface area (Å²) in [5, 5.41) is 0.387. The first kappa shape index (κ1) is 20.0. The molecule has 0 spiro atoms. The normalized spacial score (nSPS) is 16.5. The second-order valence-corrected chi connectivity index (χ2v) is 7.25. The summed E-state index contributed by atoms with van der Waals surface area (Å²) in [6.07, 6.45) is 2.26. The van der Waals surface area contributed by atoms with Crippen LogP contribution in [-0.4, -0.2) is 51.1 Å². The lowest BCUT2D eigenvalue weighted by atomic mass is 10.0. The van der Waals surface area contributed by atoms with Gasteiger partial charge in [0, 0.05) is 31.4 Å². The Morgan fingerprint density at radius 2 is 2.10 bits per heavy atom. The molecule has 3 heterocycles. The highest BCUT2D eigenvalue weighted by atomic mass is 35.5. The Morgan fingerprint density at radius 1 is 1.27 bits per heavy atom. The lowest BCUT2D eigenvalue weighted by Crippen LogP contribution is -2.48. The van der Waals surface area contributed by atoms with Crippen LogP contribution in [0.5, 0.6) is 0 Å². The fourth-order valence-corrected chi connectivity index (χ4v) is 3.37. The first-order valence-corrected chi connectivity index (χ1v) is 9.62. The summed E-state index contributed by atoms with van der Waals surface area (Å²) in [5.74, 6) is 0.229. The highest BCUT2D eigenvalue weighted by Crippen LogP contribution is 2.23. The Morgan fingerprint density at radius 3 is 2.83 bits per heavy atom. The molecule has 1 fully saturated rings. The molecule has 1 aromatic carbocycles. The van der Waals surface area contributed by atoms with E-state index >= 15 is 0 Å². The van der Waals surface area contributed by atoms with Gasteiger partial charge in [-0.05, 0) is 24.3 Å². The summed E-state index contributed by atoms with van der Waals surface area (Å²) in [5.41, 5.74) is 7.32. The Kier molecular flexibility index (Phi) is 5.47. The van der Waals surface area contributed by atoms with Crippen LogP contribution in [0.4, 0.5) is 11.6 Å². The molecule has 3 aromatic rings. The second kappa shape index (κ2) is 8.21. The van der Waals surface area contributed by atoms with Crippen molar-refractivity contribution in [3.8, 4) is 11.4 Å². The number of rotatable bonds is 4. The van der Waals surface area contributed by atoms with Gasteiger partial charge in [0.25, 0.3) is 5.56 Å². The predicted molar refractivity (Wildman–Crippen MR) is 113 cm³/mol. The molecule has 0 aliphatic carbocycles. The molecule has 0 amide bonds. The van der Waals surface area contributed by atoms with Crippen LogP contribution >= 0.6 is 11.6 Å². The largest absolute Gasteiger partial charge is 0.398 e. The molecule has 0 radical (unpaired) electrons. The van der Waals surface area contributed by atoms with Gasteiger partial charge >= 0.3 is 0 Å². The van der Waals surface area contributed by atoms with E-state index in [4.69, 9.17) is 22.1 Å². The highest BCUT2D eigenvalue weighted by Gasteiger charge is 2.30. The van der Waals surface area contributed by atoms with Gasteiger partial charge in [0.15, 0.2) is 5.78 Å². The molecule has 1 atom stereocenters. The first-order chi connectivity index (χ1) is 14.4. The van der Waals surface area contributed by atoms with E-state index in [1.54, 1.807) is 31.4 Å². The zero-order valence-electron chi connectivity index (χ0n) is 16.2. The van der Waals surface area contributed by atoms with E-state index in [0.717, 1.165) is 0 Å². The number of benzene rings is 1. The minimum absolute atomic E-state index is 0.208. The van der Waals surface area contributed by atoms with Crippen LogP contribution in [0.15, 0.2) is 47.7 Å². The maximum absolute atomic E-state index is 12.9. The quantitative estimate of drug-likeness (QED) is 0.493. The van der Waals surface area contributed by atoms with Gasteiger partial charge in [-0.2, -0.15) is 0 Å². The second-order valence-electron chi connectivity index (χ2n) is 6.84. The number of carbonyl (C=O) groups is 1. The maximum atomic E-state index is 12.9. The summed E-state index contributed by atoms with van der Waals surface area (Å²) < 4.78 is 7.14. The molecular formula is C20H19ClN6O3. The number of morpholine rings is 1. The number of hydrogen-bond donors (Lipinski definition) is 1. The number of hydrogen-bond acceptors (Lipinski definition) is 8. The summed E-state index contributed by atoms with van der Waals surface area (Å²) in [6, 6.07) is 7.85. The third kappa shape index (κ3) is 3.89. The van der Waals surface area contributed by atoms with Crippen LogP contribution in [0.2, 0.25) is 5.02 Å². The van der Waals surface area contributed by atoms with Gasteiger partial charge in [0.2, 0.25) is 5.95 Å². The van der Waals surface area contributed by atoms with E-state index in [1.165, 1.54) is 23.0 Å². The third-order valence-electron chi connectivity index (χ3n) is 4.88. The van der Waals surface area contributed by atoms with E-state index in [2.05, 4.69) is 15.0 Å². The number of halogens is 1. The molecular weight excluding hydrogens is 408 g/mol. The van der Waals surface area contributed by atoms with E-state index in [-0.39, 0.29) is 17.9 Å². The number of nitrogens with zero attached hydrogens (tertiary/aromatic N) is 5. The van der Waals surface area contributed by atoms with Crippen molar-refractivity contribution in [2.75, 3.05) is 30.3 Å². The molecule has 1 aliphatic rings. The summed E-state index contributed by atoms with van der Waals surface area (Å²) in [7, 11) is 1.64. The van der Waals surface area contributed by atoms with E-state index < -0.39 is 6.10 Å². The summed E-state index contributed by atoms with van der Waals surface area (Å²) >= 11 is 5.95. The average molecular weight is 427 g/mol. The van der Waals surface area contributed by atoms with Crippen LogP contribution in [-0.2, 0) is 11.8 Å². The lowest BCUT2D eigenvalue weighted by molar-refractivity contribution is 0.0337. The molecule has 2 N–H and O–H groups in total. The molecule has 154 valence electrons. The summed E-state index contributed by atoms with van der Waals surface area (Å²) in [6.45, 7) is 1.04. The smallest absolute Gasteiger partial charge is 0.255 e. The van der Waals surface area contributed by atoms with Crippen LogP contribution in [0.1, 0.15) is 10.4 Å². The number of nitrogen functional groups attached to an aromatic ring is 1. The zero-order valence-corrected chi connectivity index (χ0v) is 16.9. The predicted octanol–water partition coefficient (Wildman–Crippen LogP) is 1.56. The Balaban J connectivity index is 1.63. The number of Topliss-reactive ketones (excluding diaryl/α,β-unsaturated/α-hetero) is 1. The Hall–Kier alpha value is -3.30. The molecule has 10 heteroatoms. The van der Waals surface area contributed by atoms with E-state index in [0.29, 0.717) is 46.8 Å². The van der Waals surface area contributed by atoms with Gasteiger partial charge < -0.3 is 15.4 Å². The van der Waals surface area contributed by atoms with Crippen molar-refractivity contribution >= 4 is 29.0 Å². The Labute approximate surface area is 177 Å². The van der Waals surface area contributed by atoms with Crippen LogP contribution in [0.3, 0.4) is 0 Å². The van der Waals surface area contributed by atoms with Crippen molar-refractivity contribution in [3.05, 3.63) is 63.8 Å². The molecule has 4 rings (SSSR count). The Bertz CT molecular complexity index is 1150. The molecule has 1 unspecified atom stereocenters. The standard InChI is InChI=1S/C20H19ClN6O3/c1-26-18(28)9-16(15-4-5-23-11-24-15)25-20(26)27-6-7-30-17(10-27)19(29)12-2-3-13(21)14(22)8-12/h2-5,8-9,11,17H,6-7,10,22H2,1H3. The minimum atomic E-state index is -0.723. The number of anilines is 2. The topological polar surface area (TPSA) is 116 Å². The fourth-order valence-electron chi connectivity index (χ4n) is 3.26. The molecule has 0 bridgehead atoms. The number of ketones is 1. The van der Waals surface area contributed by atoms with E-state index in [1.807, 2.05) is 4.90 Å². The minimum Gasteiger partial charge on any atom is -0.398 e. The van der Waals surface area contributed by atoms with E-state index in [9.17, 15) is 9.59 Å². The molecule has 0 saturated carbocycles. The van der Waals surface area contributed by atoms with Crippen molar-refractivity contribution in [1.29, 1.82) is 0 Å². The monoisotopic (exact) mass is 426 g/mol. The zero-order chi connectivity index (χ0) is 21.3. The molecule has 2 aromatic heterocycles. The van der Waals surface area contributed by atoms with Crippen LogP contribution < -0.4 is 16.2 Å². The van der Waals surface area contributed by atoms with Crippen molar-refractivity contribution in [2.45, 2.75) is 6.10 Å². The number of carbonyl (C=O) groups excluding carboxylic acids is 1. The van der Waals surface area contributed by atoms with Gasteiger partial charge in [-0.3, -0.25) is 14.2 Å². The molecule has 1 saturated heterocycles. The van der Waals surface area contributed by atoms with Crippen molar-refractivity contribution in [1.82, 2.24) is 19.5 Å².